The highest BCUT2D eigenvalue weighted by molar-refractivity contribution is 5.90. The van der Waals surface area contributed by atoms with E-state index in [0.717, 1.165) is 0 Å². The topological polar surface area (TPSA) is 53.4 Å². The maximum Gasteiger partial charge on any atom is 0.360 e. The molecular weight excluding hydrogens is 196 g/mol. The van der Waals surface area contributed by atoms with Crippen LogP contribution in [0.5, 0.6) is 5.75 Å². The molecule has 0 aliphatic rings. The Kier molecular flexibility index (Phi) is 3.34. The van der Waals surface area contributed by atoms with E-state index in [1.54, 1.807) is 14.0 Å². The normalized spacial score (nSPS) is 10.5. The summed E-state index contributed by atoms with van der Waals surface area (Å²) in [7, 11) is 3.02. The second kappa shape index (κ2) is 4.33. The number of methoxy groups -OCH3 is 1. The van der Waals surface area contributed by atoms with E-state index in [2.05, 4.69) is 9.84 Å². The number of esters is 1. The SMILES string of the molecule is COC(=O)c1c(OC(C)C)c(C)nn1C. The van der Waals surface area contributed by atoms with Gasteiger partial charge in [0.2, 0.25) is 0 Å². The van der Waals surface area contributed by atoms with E-state index < -0.39 is 5.97 Å². The summed E-state index contributed by atoms with van der Waals surface area (Å²) in [6.07, 6.45) is -0.00342. The third-order valence-electron chi connectivity index (χ3n) is 1.90. The van der Waals surface area contributed by atoms with Crippen molar-refractivity contribution in [3.63, 3.8) is 0 Å². The predicted octanol–water partition coefficient (Wildman–Crippen LogP) is 1.30. The Morgan fingerprint density at radius 1 is 1.47 bits per heavy atom. The Morgan fingerprint density at radius 2 is 2.07 bits per heavy atom. The Morgan fingerprint density at radius 3 is 2.53 bits per heavy atom. The van der Waals surface area contributed by atoms with Crippen LogP contribution in [0.25, 0.3) is 0 Å². The molecule has 1 aromatic heterocycles. The van der Waals surface area contributed by atoms with Crippen LogP contribution in [0.15, 0.2) is 0 Å². The van der Waals surface area contributed by atoms with E-state index >= 15 is 0 Å². The molecule has 0 radical (unpaired) electrons. The van der Waals surface area contributed by atoms with Gasteiger partial charge < -0.3 is 9.47 Å². The van der Waals surface area contributed by atoms with Crippen molar-refractivity contribution < 1.29 is 14.3 Å². The highest BCUT2D eigenvalue weighted by atomic mass is 16.5. The first kappa shape index (κ1) is 11.6. The van der Waals surface area contributed by atoms with E-state index in [4.69, 9.17) is 4.74 Å². The van der Waals surface area contributed by atoms with Crippen molar-refractivity contribution >= 4 is 5.97 Å². The van der Waals surface area contributed by atoms with Gasteiger partial charge in [0.1, 0.15) is 5.69 Å². The van der Waals surface area contributed by atoms with Crippen molar-refractivity contribution in [3.8, 4) is 5.75 Å². The molecule has 84 valence electrons. The third kappa shape index (κ3) is 2.29. The lowest BCUT2D eigenvalue weighted by molar-refractivity contribution is 0.0581. The highest BCUT2D eigenvalue weighted by Crippen LogP contribution is 2.24. The summed E-state index contributed by atoms with van der Waals surface area (Å²) < 4.78 is 11.7. The average Bonchev–Trinajstić information content (AvgIpc) is 2.40. The fourth-order valence-electron chi connectivity index (χ4n) is 1.34. The van der Waals surface area contributed by atoms with Gasteiger partial charge in [-0.3, -0.25) is 4.68 Å². The quantitative estimate of drug-likeness (QED) is 0.709. The van der Waals surface area contributed by atoms with Crippen LogP contribution in [0, 0.1) is 6.92 Å². The van der Waals surface area contributed by atoms with Gasteiger partial charge >= 0.3 is 5.97 Å². The van der Waals surface area contributed by atoms with Crippen LogP contribution in [-0.4, -0.2) is 29.0 Å². The Labute approximate surface area is 89.0 Å². The maximum absolute atomic E-state index is 11.5. The summed E-state index contributed by atoms with van der Waals surface area (Å²) in [4.78, 5) is 11.5. The molecule has 0 amide bonds. The zero-order valence-corrected chi connectivity index (χ0v) is 9.70. The zero-order chi connectivity index (χ0) is 11.6. The molecule has 0 atom stereocenters. The average molecular weight is 212 g/mol. The number of hydrogen-bond donors (Lipinski definition) is 0. The van der Waals surface area contributed by atoms with Gasteiger partial charge in [-0.15, -0.1) is 0 Å². The van der Waals surface area contributed by atoms with E-state index in [0.29, 0.717) is 17.1 Å². The molecule has 1 rings (SSSR count). The Bertz CT molecular complexity index is 369. The molecule has 0 N–H and O–H groups in total. The van der Waals surface area contributed by atoms with Crippen molar-refractivity contribution in [3.05, 3.63) is 11.4 Å². The fourth-order valence-corrected chi connectivity index (χ4v) is 1.34. The van der Waals surface area contributed by atoms with Crippen LogP contribution in [0.3, 0.4) is 0 Å². The van der Waals surface area contributed by atoms with E-state index in [1.165, 1.54) is 11.8 Å². The molecule has 0 unspecified atom stereocenters. The van der Waals surface area contributed by atoms with Gasteiger partial charge in [-0.2, -0.15) is 5.10 Å². The Balaban J connectivity index is 3.17. The first-order chi connectivity index (χ1) is 6.97. The van der Waals surface area contributed by atoms with Gasteiger partial charge in [-0.25, -0.2) is 4.79 Å². The summed E-state index contributed by atoms with van der Waals surface area (Å²) in [6.45, 7) is 5.59. The molecule has 0 saturated carbocycles. The smallest absolute Gasteiger partial charge is 0.360 e. The molecule has 0 bridgehead atoms. The lowest BCUT2D eigenvalue weighted by Gasteiger charge is -2.10. The minimum Gasteiger partial charge on any atom is -0.486 e. The second-order valence-corrected chi connectivity index (χ2v) is 3.54. The summed E-state index contributed by atoms with van der Waals surface area (Å²) in [5.41, 5.74) is 1.04. The monoisotopic (exact) mass is 212 g/mol. The number of hydrogen-bond acceptors (Lipinski definition) is 4. The zero-order valence-electron chi connectivity index (χ0n) is 9.70. The molecule has 0 aliphatic carbocycles. The molecule has 0 spiro atoms. The van der Waals surface area contributed by atoms with Crippen molar-refractivity contribution in [1.82, 2.24) is 9.78 Å². The van der Waals surface area contributed by atoms with Crippen LogP contribution < -0.4 is 4.74 Å². The van der Waals surface area contributed by atoms with E-state index in [9.17, 15) is 4.79 Å². The number of carbonyl (C=O) groups is 1. The van der Waals surface area contributed by atoms with Crippen LogP contribution in [0.2, 0.25) is 0 Å². The molecule has 0 fully saturated rings. The number of nitrogens with zero attached hydrogens (tertiary/aromatic N) is 2. The molecule has 5 heteroatoms. The first-order valence-electron chi connectivity index (χ1n) is 4.76. The fraction of sp³-hybridized carbons (Fsp3) is 0.600. The molecule has 1 aromatic rings. The summed E-state index contributed by atoms with van der Waals surface area (Å²) in [6, 6.07) is 0. The van der Waals surface area contributed by atoms with Gasteiger partial charge in [-0.05, 0) is 20.8 Å². The Hall–Kier alpha value is -1.52. The molecular formula is C10H16N2O3. The van der Waals surface area contributed by atoms with Gasteiger partial charge in [0.25, 0.3) is 0 Å². The molecule has 0 aliphatic heterocycles. The van der Waals surface area contributed by atoms with Crippen LogP contribution >= 0.6 is 0 Å². The van der Waals surface area contributed by atoms with Gasteiger partial charge in [0.05, 0.1) is 13.2 Å². The first-order valence-corrected chi connectivity index (χ1v) is 4.76. The largest absolute Gasteiger partial charge is 0.486 e. The van der Waals surface area contributed by atoms with Gasteiger partial charge in [-0.1, -0.05) is 0 Å². The van der Waals surface area contributed by atoms with E-state index in [1.807, 2.05) is 13.8 Å². The highest BCUT2D eigenvalue weighted by Gasteiger charge is 2.22. The van der Waals surface area contributed by atoms with Crippen molar-refractivity contribution in [1.29, 1.82) is 0 Å². The summed E-state index contributed by atoms with van der Waals surface area (Å²) in [5.74, 6) is 0.0631. The van der Waals surface area contributed by atoms with Crippen LogP contribution in [0.4, 0.5) is 0 Å². The molecule has 0 saturated heterocycles. The van der Waals surface area contributed by atoms with Crippen LogP contribution in [-0.2, 0) is 11.8 Å². The third-order valence-corrected chi connectivity index (χ3v) is 1.90. The number of ether oxygens (including phenoxy) is 2. The number of aryl methyl sites for hydroxylation is 2. The molecule has 1 heterocycles. The van der Waals surface area contributed by atoms with Crippen LogP contribution in [0.1, 0.15) is 30.0 Å². The van der Waals surface area contributed by atoms with Crippen molar-refractivity contribution in [2.45, 2.75) is 26.9 Å². The predicted molar refractivity (Wildman–Crippen MR) is 55.0 cm³/mol. The summed E-state index contributed by atoms with van der Waals surface area (Å²) >= 11 is 0. The van der Waals surface area contributed by atoms with Crippen molar-refractivity contribution in [2.24, 2.45) is 7.05 Å². The van der Waals surface area contributed by atoms with Gasteiger partial charge in [0, 0.05) is 7.05 Å². The summed E-state index contributed by atoms with van der Waals surface area (Å²) in [5, 5.41) is 4.12. The van der Waals surface area contributed by atoms with E-state index in [-0.39, 0.29) is 6.10 Å². The lowest BCUT2D eigenvalue weighted by atomic mass is 10.3. The van der Waals surface area contributed by atoms with Crippen molar-refractivity contribution in [2.75, 3.05) is 7.11 Å². The minimum atomic E-state index is -0.436. The standard InChI is InChI=1S/C10H16N2O3/c1-6(2)15-9-7(3)11-12(4)8(9)10(13)14-5/h6H,1-5H3. The molecule has 15 heavy (non-hydrogen) atoms. The minimum absolute atomic E-state index is 0.00342. The second-order valence-electron chi connectivity index (χ2n) is 3.54. The molecule has 0 aromatic carbocycles. The number of carbonyl (C=O) groups excluding carboxylic acids is 1. The van der Waals surface area contributed by atoms with Gasteiger partial charge in [0.15, 0.2) is 11.4 Å². The number of rotatable bonds is 3. The lowest BCUT2D eigenvalue weighted by Crippen LogP contribution is -2.13. The number of aromatic nitrogens is 2. The molecule has 5 nitrogen and oxygen atoms in total. The maximum atomic E-state index is 11.5.